The number of fused-ring (bicyclic) bond motifs is 1. The zero-order valence-corrected chi connectivity index (χ0v) is 27.7. The van der Waals surface area contributed by atoms with Gasteiger partial charge in [0, 0.05) is 17.3 Å². The van der Waals surface area contributed by atoms with Crippen LogP contribution in [-0.4, -0.2) is 44.1 Å². The number of quaternary nitrogens is 1. The number of halogens is 5. The van der Waals surface area contributed by atoms with Crippen molar-refractivity contribution in [1.82, 2.24) is 14.3 Å². The summed E-state index contributed by atoms with van der Waals surface area (Å²) in [6.07, 6.45) is -1.33. The van der Waals surface area contributed by atoms with E-state index in [2.05, 4.69) is 47.9 Å². The molecule has 9 nitrogen and oxygen atoms in total. The van der Waals surface area contributed by atoms with Crippen LogP contribution < -0.4 is 15.2 Å². The van der Waals surface area contributed by atoms with Crippen LogP contribution in [0.5, 0.6) is 5.75 Å². The first-order chi connectivity index (χ1) is 22.7. The minimum Gasteiger partial charge on any atom is -0.542 e. The van der Waals surface area contributed by atoms with Gasteiger partial charge in [0.05, 0.1) is 40.6 Å². The topological polar surface area (TPSA) is 126 Å². The number of carboxylic acid groups (broad SMARTS) is 2. The predicted molar refractivity (Wildman–Crippen MR) is 174 cm³/mol. The molecule has 0 aliphatic rings. The van der Waals surface area contributed by atoms with E-state index in [1.165, 1.54) is 5.56 Å². The smallest absolute Gasteiger partial charge is 0.430 e. The third kappa shape index (κ3) is 8.88. The second-order valence-corrected chi connectivity index (χ2v) is 12.0. The molecule has 3 aromatic carbocycles. The van der Waals surface area contributed by atoms with Gasteiger partial charge in [-0.05, 0) is 77.9 Å². The van der Waals surface area contributed by atoms with Crippen molar-refractivity contribution in [1.29, 1.82) is 0 Å². The van der Waals surface area contributed by atoms with Crippen LogP contribution in [0.15, 0.2) is 73.1 Å². The predicted octanol–water partition coefficient (Wildman–Crippen LogP) is 5.91. The fourth-order valence-corrected chi connectivity index (χ4v) is 5.59. The molecule has 14 heteroatoms. The number of rotatable bonds is 11. The summed E-state index contributed by atoms with van der Waals surface area (Å²) in [5.41, 5.74) is 6.28. The van der Waals surface area contributed by atoms with Crippen molar-refractivity contribution in [3.8, 4) is 11.4 Å². The van der Waals surface area contributed by atoms with Crippen LogP contribution in [0.2, 0.25) is 10.0 Å². The number of benzene rings is 3. The van der Waals surface area contributed by atoms with Crippen molar-refractivity contribution in [2.45, 2.75) is 52.6 Å². The molecule has 0 bridgehead atoms. The molecule has 0 radical (unpaired) electrons. The number of nitrogens with two attached hydrogens (primary N) is 1. The lowest BCUT2D eigenvalue weighted by atomic mass is 10.0. The van der Waals surface area contributed by atoms with Gasteiger partial charge in [0.2, 0.25) is 0 Å². The summed E-state index contributed by atoms with van der Waals surface area (Å²) < 4.78 is 41.7. The van der Waals surface area contributed by atoms with Crippen LogP contribution in [0.25, 0.3) is 16.6 Å². The zero-order valence-electron chi connectivity index (χ0n) is 26.2. The fraction of sp³-hybridized carbons (Fsp3) is 0.265. The number of carbonyl (C=O) groups is 2. The summed E-state index contributed by atoms with van der Waals surface area (Å²) in [7, 11) is 0. The van der Waals surface area contributed by atoms with Gasteiger partial charge in [-0.1, -0.05) is 49.2 Å². The zero-order chi connectivity index (χ0) is 35.2. The normalized spacial score (nSPS) is 11.4. The number of para-hydroxylation sites is 1. The maximum absolute atomic E-state index is 11.4. The van der Waals surface area contributed by atoms with E-state index in [4.69, 9.17) is 37.8 Å². The maximum Gasteiger partial charge on any atom is 0.430 e. The Kier molecular flexibility index (Phi) is 11.8. The number of aryl methyl sites for hydroxylation is 1. The lowest BCUT2D eigenvalue weighted by molar-refractivity contribution is -0.671. The second kappa shape index (κ2) is 15.6. The highest BCUT2D eigenvalue weighted by Gasteiger charge is 2.28. The van der Waals surface area contributed by atoms with E-state index in [0.29, 0.717) is 27.9 Å². The van der Waals surface area contributed by atoms with Crippen LogP contribution in [0, 0.1) is 6.92 Å². The van der Waals surface area contributed by atoms with E-state index in [1.54, 1.807) is 28.9 Å². The van der Waals surface area contributed by atoms with E-state index < -0.39 is 18.1 Å². The van der Waals surface area contributed by atoms with Crippen LogP contribution in [0.1, 0.15) is 52.5 Å². The Labute approximate surface area is 284 Å². The summed E-state index contributed by atoms with van der Waals surface area (Å²) in [4.78, 5) is 20.1. The minimum absolute atomic E-state index is 0.256. The molecule has 0 atom stereocenters. The highest BCUT2D eigenvalue weighted by Crippen LogP contribution is 2.32. The largest absolute Gasteiger partial charge is 0.542 e. The highest BCUT2D eigenvalue weighted by molar-refractivity contribution is 6.37. The van der Waals surface area contributed by atoms with Gasteiger partial charge in [-0.3, -0.25) is 0 Å². The molecule has 0 saturated heterocycles. The lowest BCUT2D eigenvalue weighted by Gasteiger charge is -2.15. The molecule has 5 aromatic rings. The van der Waals surface area contributed by atoms with E-state index in [9.17, 15) is 23.1 Å². The third-order valence-corrected chi connectivity index (χ3v) is 8.16. The Bertz CT molecular complexity index is 1900. The molecule has 0 amide bonds. The third-order valence-electron chi connectivity index (χ3n) is 7.55. The molecular weight excluding hydrogens is 672 g/mol. The molecule has 2 heterocycles. The van der Waals surface area contributed by atoms with Crippen LogP contribution in [-0.2, 0) is 24.5 Å². The number of aromatic carboxylic acids is 1. The standard InChI is InChI=1S/C32H32Cl2N4O3.C2HF3O2/c1-20(2)26-18-36-38(31-27(33)5-4-6-28(31)34)30(26)19-41-25-10-9-24(21(3)15-25)17-35-12-14-37-13-11-22-7-8-23(32(39)40)16-29(22)37;3-2(4,5)1(6)7/h4-11,13,15-16,18,20,35H,12,14,17,19H2,1-3H3,(H,39,40);(H,6,7). The number of hydrogen-bond acceptors (Lipinski definition) is 5. The van der Waals surface area contributed by atoms with Gasteiger partial charge < -0.3 is 29.6 Å². The van der Waals surface area contributed by atoms with Crippen molar-refractivity contribution in [3.05, 3.63) is 111 Å². The summed E-state index contributed by atoms with van der Waals surface area (Å²) in [5, 5.41) is 27.1. The molecule has 0 unspecified atom stereocenters. The Morgan fingerprint density at radius 2 is 1.75 bits per heavy atom. The molecule has 48 heavy (non-hydrogen) atoms. The van der Waals surface area contributed by atoms with Gasteiger partial charge >= 0.3 is 12.1 Å². The number of aromatic nitrogens is 3. The summed E-state index contributed by atoms with van der Waals surface area (Å²) >= 11 is 13.0. The lowest BCUT2D eigenvalue weighted by Crippen LogP contribution is -2.83. The molecule has 5 rings (SSSR count). The molecule has 2 aromatic heterocycles. The number of aliphatic carboxylic acids is 1. The molecule has 0 aliphatic carbocycles. The van der Waals surface area contributed by atoms with Gasteiger partial charge in [0.25, 0.3) is 0 Å². The van der Waals surface area contributed by atoms with Crippen molar-refractivity contribution in [3.63, 3.8) is 0 Å². The monoisotopic (exact) mass is 704 g/mol. The molecule has 0 fully saturated rings. The van der Waals surface area contributed by atoms with Crippen LogP contribution in [0.4, 0.5) is 13.2 Å². The van der Waals surface area contributed by atoms with Crippen molar-refractivity contribution < 1.29 is 43.0 Å². The number of alkyl halides is 3. The molecule has 0 spiro atoms. The Morgan fingerprint density at radius 1 is 1.06 bits per heavy atom. The first kappa shape index (κ1) is 36.3. The Hall–Kier alpha value is -4.52. The molecular formula is C34H33Cl2F3N4O5. The van der Waals surface area contributed by atoms with Gasteiger partial charge in [-0.2, -0.15) is 18.3 Å². The fourth-order valence-electron chi connectivity index (χ4n) is 5.04. The number of ether oxygens (including phenoxy) is 1. The van der Waals surface area contributed by atoms with Crippen molar-refractivity contribution >= 4 is 46.0 Å². The van der Waals surface area contributed by atoms with E-state index in [0.717, 1.165) is 53.1 Å². The maximum atomic E-state index is 11.4. The molecule has 0 aliphatic heterocycles. The number of carbonyl (C=O) groups excluding carboxylic acids is 1. The van der Waals surface area contributed by atoms with Crippen molar-refractivity contribution in [2.24, 2.45) is 0 Å². The Balaban J connectivity index is 0.000000671. The minimum atomic E-state index is -5.19. The first-order valence-electron chi connectivity index (χ1n) is 14.8. The average molecular weight is 706 g/mol. The van der Waals surface area contributed by atoms with E-state index in [-0.39, 0.29) is 5.92 Å². The van der Waals surface area contributed by atoms with Gasteiger partial charge in [0.15, 0.2) is 0 Å². The number of nitrogens with zero attached hydrogens (tertiary/aromatic N) is 3. The second-order valence-electron chi connectivity index (χ2n) is 11.2. The summed E-state index contributed by atoms with van der Waals surface area (Å²) in [6.45, 7) is 9.16. The average Bonchev–Trinajstić information content (AvgIpc) is 3.62. The highest BCUT2D eigenvalue weighted by atomic mass is 35.5. The quantitative estimate of drug-likeness (QED) is 0.165. The number of carboxylic acids is 2. The number of hydrogen-bond donors (Lipinski definition) is 2. The van der Waals surface area contributed by atoms with Gasteiger partial charge in [-0.25, -0.2) is 9.48 Å². The van der Waals surface area contributed by atoms with Gasteiger partial charge in [-0.15, -0.1) is 0 Å². The Morgan fingerprint density at radius 3 is 2.35 bits per heavy atom. The molecule has 3 N–H and O–H groups in total. The molecule has 254 valence electrons. The van der Waals surface area contributed by atoms with Gasteiger partial charge in [0.1, 0.15) is 30.6 Å². The summed E-state index contributed by atoms with van der Waals surface area (Å²) in [5.74, 6) is -2.88. The van der Waals surface area contributed by atoms with Crippen LogP contribution in [0.3, 0.4) is 0 Å². The van der Waals surface area contributed by atoms with E-state index in [1.807, 2.05) is 36.7 Å². The summed E-state index contributed by atoms with van der Waals surface area (Å²) in [6, 6.07) is 18.9. The van der Waals surface area contributed by atoms with E-state index >= 15 is 0 Å². The SMILES string of the molecule is Cc1cc(OCc2c(C(C)C)cnn2-c2c(Cl)cccc2Cl)ccc1C[NH2+]CCn1ccc2ccc(C(=O)O)cc21.O=C([O-])C(F)(F)F. The molecule has 0 saturated carbocycles. The van der Waals surface area contributed by atoms with Crippen LogP contribution >= 0.6 is 23.2 Å². The first-order valence-corrected chi connectivity index (χ1v) is 15.6. The van der Waals surface area contributed by atoms with Crippen molar-refractivity contribution in [2.75, 3.05) is 6.54 Å².